The molecule has 0 radical (unpaired) electrons. The van der Waals surface area contributed by atoms with Crippen molar-refractivity contribution in [2.45, 2.75) is 52.4 Å². The van der Waals surface area contributed by atoms with Crippen LogP contribution in [0.3, 0.4) is 0 Å². The van der Waals surface area contributed by atoms with Gasteiger partial charge in [-0.15, -0.1) is 0 Å². The second-order valence-electron chi connectivity index (χ2n) is 3.62. The standard InChI is InChI=1S/C10H24NO2PS/c1-3-5-7-9-12-14(11,15)13-10-8-6-4-2/h3-10H2,1-2H3,(H2,11,15). The zero-order chi connectivity index (χ0) is 11.6. The summed E-state index contributed by atoms with van der Waals surface area (Å²) < 4.78 is 10.8. The van der Waals surface area contributed by atoms with Crippen molar-refractivity contribution >= 4 is 18.4 Å². The van der Waals surface area contributed by atoms with Crippen LogP contribution in [0.2, 0.25) is 0 Å². The first-order chi connectivity index (χ1) is 7.12. The average Bonchev–Trinajstić information content (AvgIpc) is 2.20. The Morgan fingerprint density at radius 1 is 0.933 bits per heavy atom. The van der Waals surface area contributed by atoms with Crippen molar-refractivity contribution in [1.29, 1.82) is 0 Å². The third-order valence-electron chi connectivity index (χ3n) is 2.04. The second kappa shape index (κ2) is 9.73. The first-order valence-electron chi connectivity index (χ1n) is 5.80. The monoisotopic (exact) mass is 253 g/mol. The number of nitrogens with two attached hydrogens (primary N) is 1. The Labute approximate surface area is 98.9 Å². The average molecular weight is 253 g/mol. The minimum atomic E-state index is -2.44. The van der Waals surface area contributed by atoms with Crippen LogP contribution in [-0.2, 0) is 20.9 Å². The molecule has 0 fully saturated rings. The number of rotatable bonds is 10. The van der Waals surface area contributed by atoms with Crippen LogP contribution in [0.25, 0.3) is 0 Å². The van der Waals surface area contributed by atoms with Crippen molar-refractivity contribution in [3.8, 4) is 0 Å². The maximum atomic E-state index is 5.76. The van der Waals surface area contributed by atoms with Crippen LogP contribution in [0.15, 0.2) is 0 Å². The van der Waals surface area contributed by atoms with E-state index >= 15 is 0 Å². The van der Waals surface area contributed by atoms with Crippen molar-refractivity contribution in [3.05, 3.63) is 0 Å². The molecule has 92 valence electrons. The highest BCUT2D eigenvalue weighted by Gasteiger charge is 2.11. The number of hydrogen-bond acceptors (Lipinski definition) is 3. The van der Waals surface area contributed by atoms with E-state index in [2.05, 4.69) is 13.8 Å². The van der Waals surface area contributed by atoms with Gasteiger partial charge in [-0.25, -0.2) is 0 Å². The lowest BCUT2D eigenvalue weighted by Crippen LogP contribution is -2.05. The van der Waals surface area contributed by atoms with E-state index in [4.69, 9.17) is 26.4 Å². The Morgan fingerprint density at radius 3 is 1.67 bits per heavy atom. The third-order valence-corrected chi connectivity index (χ3v) is 3.76. The molecular weight excluding hydrogens is 229 g/mol. The van der Waals surface area contributed by atoms with Gasteiger partial charge in [0.05, 0.1) is 13.2 Å². The van der Waals surface area contributed by atoms with Crippen molar-refractivity contribution in [2.24, 2.45) is 5.50 Å². The molecule has 0 aromatic heterocycles. The predicted molar refractivity (Wildman–Crippen MR) is 69.4 cm³/mol. The Hall–Kier alpha value is 0.530. The van der Waals surface area contributed by atoms with Crippen LogP contribution in [-0.4, -0.2) is 13.2 Å². The molecule has 0 spiro atoms. The molecule has 0 aliphatic rings. The summed E-state index contributed by atoms with van der Waals surface area (Å²) in [5, 5.41) is 0. The molecule has 0 saturated carbocycles. The molecule has 0 aromatic rings. The molecule has 0 aliphatic heterocycles. The number of unbranched alkanes of at least 4 members (excludes halogenated alkanes) is 4. The molecular formula is C10H24NO2PS. The largest absolute Gasteiger partial charge is 0.318 e. The number of hydrogen-bond donors (Lipinski definition) is 1. The maximum Gasteiger partial charge on any atom is 0.258 e. The molecule has 0 aromatic carbocycles. The Kier molecular flexibility index (Phi) is 10.1. The van der Waals surface area contributed by atoms with E-state index in [1.54, 1.807) is 0 Å². The van der Waals surface area contributed by atoms with Crippen LogP contribution in [0, 0.1) is 0 Å². The molecule has 0 rings (SSSR count). The molecule has 5 heteroatoms. The summed E-state index contributed by atoms with van der Waals surface area (Å²) in [4.78, 5) is 0. The first kappa shape index (κ1) is 15.5. The lowest BCUT2D eigenvalue weighted by molar-refractivity contribution is 0.239. The molecule has 0 aliphatic carbocycles. The first-order valence-corrected chi connectivity index (χ1v) is 8.50. The van der Waals surface area contributed by atoms with Crippen LogP contribution < -0.4 is 5.50 Å². The van der Waals surface area contributed by atoms with Gasteiger partial charge in [-0.05, 0) is 24.6 Å². The summed E-state index contributed by atoms with van der Waals surface area (Å²) >= 11 is 5.09. The fraction of sp³-hybridized carbons (Fsp3) is 1.00. The topological polar surface area (TPSA) is 44.5 Å². The van der Waals surface area contributed by atoms with Crippen LogP contribution in [0.4, 0.5) is 0 Å². The molecule has 0 atom stereocenters. The van der Waals surface area contributed by atoms with Gasteiger partial charge >= 0.3 is 0 Å². The highest BCUT2D eigenvalue weighted by molar-refractivity contribution is 8.08. The third kappa shape index (κ3) is 10.8. The fourth-order valence-corrected chi connectivity index (χ4v) is 2.41. The SMILES string of the molecule is CCCCCOP(N)(=S)OCCCCC. The highest BCUT2D eigenvalue weighted by Crippen LogP contribution is 2.39. The van der Waals surface area contributed by atoms with Crippen LogP contribution >= 0.6 is 6.64 Å². The van der Waals surface area contributed by atoms with Gasteiger partial charge in [0.15, 0.2) is 0 Å². The van der Waals surface area contributed by atoms with E-state index in [0.29, 0.717) is 13.2 Å². The van der Waals surface area contributed by atoms with E-state index in [-0.39, 0.29) is 0 Å². The Morgan fingerprint density at radius 2 is 1.33 bits per heavy atom. The summed E-state index contributed by atoms with van der Waals surface area (Å²) in [6, 6.07) is 0. The van der Waals surface area contributed by atoms with Crippen LogP contribution in [0.1, 0.15) is 52.4 Å². The smallest absolute Gasteiger partial charge is 0.258 e. The normalized spacial score (nSPS) is 11.9. The van der Waals surface area contributed by atoms with E-state index < -0.39 is 6.64 Å². The molecule has 3 nitrogen and oxygen atoms in total. The minimum Gasteiger partial charge on any atom is -0.318 e. The molecule has 0 unspecified atom stereocenters. The minimum absolute atomic E-state index is 0.634. The van der Waals surface area contributed by atoms with Crippen molar-refractivity contribution in [1.82, 2.24) is 0 Å². The molecule has 0 heterocycles. The lowest BCUT2D eigenvalue weighted by atomic mass is 10.3. The molecule has 0 bridgehead atoms. The molecule has 0 saturated heterocycles. The maximum absolute atomic E-state index is 5.76. The van der Waals surface area contributed by atoms with Gasteiger partial charge in [0.25, 0.3) is 6.64 Å². The van der Waals surface area contributed by atoms with Gasteiger partial charge in [0.1, 0.15) is 0 Å². The van der Waals surface area contributed by atoms with Gasteiger partial charge in [0.2, 0.25) is 0 Å². The second-order valence-corrected chi connectivity index (χ2v) is 6.74. The van der Waals surface area contributed by atoms with Gasteiger partial charge in [-0.3, -0.25) is 5.50 Å². The van der Waals surface area contributed by atoms with Gasteiger partial charge in [-0.1, -0.05) is 39.5 Å². The predicted octanol–water partition coefficient (Wildman–Crippen LogP) is 3.58. The zero-order valence-electron chi connectivity index (χ0n) is 9.91. The summed E-state index contributed by atoms with van der Waals surface area (Å²) in [6.07, 6.45) is 6.70. The van der Waals surface area contributed by atoms with E-state index in [1.165, 1.54) is 12.8 Å². The van der Waals surface area contributed by atoms with Gasteiger partial charge in [-0.2, -0.15) is 0 Å². The van der Waals surface area contributed by atoms with Crippen molar-refractivity contribution in [3.63, 3.8) is 0 Å². The van der Waals surface area contributed by atoms with E-state index in [0.717, 1.165) is 25.7 Å². The lowest BCUT2D eigenvalue weighted by Gasteiger charge is -2.17. The van der Waals surface area contributed by atoms with Crippen molar-refractivity contribution in [2.75, 3.05) is 13.2 Å². The summed E-state index contributed by atoms with van der Waals surface area (Å²) in [5.41, 5.74) is 5.76. The fourth-order valence-electron chi connectivity index (χ4n) is 1.12. The highest BCUT2D eigenvalue weighted by atomic mass is 32.5. The zero-order valence-corrected chi connectivity index (χ0v) is 11.6. The van der Waals surface area contributed by atoms with Gasteiger partial charge < -0.3 is 9.05 Å². The van der Waals surface area contributed by atoms with Crippen LogP contribution in [0.5, 0.6) is 0 Å². The Balaban J connectivity index is 3.45. The molecule has 0 amide bonds. The van der Waals surface area contributed by atoms with E-state index in [1.807, 2.05) is 0 Å². The summed E-state index contributed by atoms with van der Waals surface area (Å²) in [6.45, 7) is 3.13. The summed E-state index contributed by atoms with van der Waals surface area (Å²) in [5.74, 6) is 0. The molecule has 15 heavy (non-hydrogen) atoms. The summed E-state index contributed by atoms with van der Waals surface area (Å²) in [7, 11) is 0. The van der Waals surface area contributed by atoms with E-state index in [9.17, 15) is 0 Å². The van der Waals surface area contributed by atoms with Gasteiger partial charge in [0, 0.05) is 0 Å². The molecule has 2 N–H and O–H groups in total. The quantitative estimate of drug-likeness (QED) is 0.477. The Bertz CT molecular complexity index is 174. The van der Waals surface area contributed by atoms with Crippen molar-refractivity contribution < 1.29 is 9.05 Å².